The molecule has 1 heterocycles. The highest BCUT2D eigenvalue weighted by molar-refractivity contribution is 7.10. The maximum Gasteiger partial charge on any atom is 0.304 e. The Balaban J connectivity index is 1.69. The summed E-state index contributed by atoms with van der Waals surface area (Å²) in [7, 11) is 0. The highest BCUT2D eigenvalue weighted by Gasteiger charge is 2.23. The first kappa shape index (κ1) is 21.0. The van der Waals surface area contributed by atoms with Crippen LogP contribution in [0.25, 0.3) is 11.3 Å². The second-order valence-corrected chi connectivity index (χ2v) is 7.85. The number of carbonyl (C=O) groups is 2. The highest BCUT2D eigenvalue weighted by atomic mass is 35.5. The Labute approximate surface area is 176 Å². The number of nitrogens with one attached hydrogen (secondary N) is 1. The van der Waals surface area contributed by atoms with Crippen molar-refractivity contribution in [2.24, 2.45) is 5.92 Å². The second-order valence-electron chi connectivity index (χ2n) is 6.41. The zero-order valence-corrected chi connectivity index (χ0v) is 16.8. The second kappa shape index (κ2) is 9.62. The largest absolute Gasteiger partial charge is 0.481 e. The fourth-order valence-corrected chi connectivity index (χ4v) is 3.88. The minimum atomic E-state index is -1.05. The predicted molar refractivity (Wildman–Crippen MR) is 110 cm³/mol. The molecule has 1 amide bonds. The van der Waals surface area contributed by atoms with Crippen molar-refractivity contribution in [1.82, 2.24) is 10.3 Å². The molecule has 8 heteroatoms. The normalized spacial score (nSPS) is 11.8. The number of rotatable bonds is 8. The van der Waals surface area contributed by atoms with Crippen LogP contribution in [0.5, 0.6) is 0 Å². The van der Waals surface area contributed by atoms with E-state index in [1.807, 2.05) is 30.3 Å². The molecule has 150 valence electrons. The summed E-state index contributed by atoms with van der Waals surface area (Å²) >= 11 is 6.93. The predicted octanol–water partition coefficient (Wildman–Crippen LogP) is 4.55. The van der Waals surface area contributed by atoms with Crippen molar-refractivity contribution in [3.05, 3.63) is 75.3 Å². The lowest BCUT2D eigenvalue weighted by Gasteiger charge is -2.14. The van der Waals surface area contributed by atoms with Gasteiger partial charge >= 0.3 is 5.97 Å². The molecule has 0 aliphatic rings. The van der Waals surface area contributed by atoms with E-state index >= 15 is 0 Å². The highest BCUT2D eigenvalue weighted by Crippen LogP contribution is 2.31. The third-order valence-corrected chi connectivity index (χ3v) is 5.46. The molecule has 0 bridgehead atoms. The van der Waals surface area contributed by atoms with Gasteiger partial charge in [-0.3, -0.25) is 9.59 Å². The van der Waals surface area contributed by atoms with E-state index in [1.165, 1.54) is 0 Å². The number of halogens is 2. The van der Waals surface area contributed by atoms with Crippen molar-refractivity contribution < 1.29 is 19.1 Å². The Bertz CT molecular complexity index is 1010. The van der Waals surface area contributed by atoms with Gasteiger partial charge in [0.1, 0.15) is 10.7 Å². The Morgan fingerprint density at radius 2 is 1.83 bits per heavy atom. The maximum atomic E-state index is 14.3. The zero-order valence-electron chi connectivity index (χ0n) is 15.3. The van der Waals surface area contributed by atoms with Crippen LogP contribution in [0.4, 0.5) is 4.39 Å². The summed E-state index contributed by atoms with van der Waals surface area (Å²) in [5.41, 5.74) is 1.49. The Hall–Kier alpha value is -2.77. The summed E-state index contributed by atoms with van der Waals surface area (Å²) in [6, 6.07) is 16.0. The number of amides is 1. The fraction of sp³-hybridized carbons (Fsp3) is 0.190. The van der Waals surface area contributed by atoms with E-state index in [2.05, 4.69) is 10.3 Å². The number of carboxylic acids is 1. The number of nitrogens with zero attached hydrogens (tertiary/aromatic N) is 1. The Kier molecular flexibility index (Phi) is 6.95. The molecule has 0 saturated heterocycles. The van der Waals surface area contributed by atoms with Crippen molar-refractivity contribution in [3.8, 4) is 11.3 Å². The van der Waals surface area contributed by atoms with Crippen molar-refractivity contribution in [3.63, 3.8) is 0 Å². The van der Waals surface area contributed by atoms with Gasteiger partial charge in [0, 0.05) is 5.56 Å². The van der Waals surface area contributed by atoms with Crippen LogP contribution in [0.15, 0.2) is 54.6 Å². The topological polar surface area (TPSA) is 79.3 Å². The van der Waals surface area contributed by atoms with Gasteiger partial charge in [-0.1, -0.05) is 71.5 Å². The number of hydrogen-bond acceptors (Lipinski definition) is 4. The van der Waals surface area contributed by atoms with Gasteiger partial charge in [0.2, 0.25) is 11.0 Å². The molecule has 1 atom stereocenters. The van der Waals surface area contributed by atoms with E-state index in [0.29, 0.717) is 22.0 Å². The molecular weight excluding hydrogens is 415 g/mol. The smallest absolute Gasteiger partial charge is 0.304 e. The first-order valence-corrected chi connectivity index (χ1v) is 10.1. The lowest BCUT2D eigenvalue weighted by molar-refractivity contribution is -0.141. The van der Waals surface area contributed by atoms with Crippen LogP contribution in [0.3, 0.4) is 0 Å². The summed E-state index contributed by atoms with van der Waals surface area (Å²) in [6.45, 7) is 0.00970. The van der Waals surface area contributed by atoms with Gasteiger partial charge in [-0.15, -0.1) is 0 Å². The van der Waals surface area contributed by atoms with Gasteiger partial charge in [0.15, 0.2) is 0 Å². The molecule has 1 unspecified atom stereocenters. The molecular formula is C21H18ClFN2O3S. The molecule has 2 aromatic carbocycles. The van der Waals surface area contributed by atoms with E-state index in [9.17, 15) is 14.0 Å². The summed E-state index contributed by atoms with van der Waals surface area (Å²) in [5, 5.41) is 12.1. The van der Waals surface area contributed by atoms with Gasteiger partial charge in [-0.2, -0.15) is 4.39 Å². The maximum absolute atomic E-state index is 14.3. The van der Waals surface area contributed by atoms with Crippen LogP contribution in [0, 0.1) is 11.0 Å². The molecule has 0 aliphatic heterocycles. The first-order valence-electron chi connectivity index (χ1n) is 8.87. The lowest BCUT2D eigenvalue weighted by atomic mass is 9.95. The van der Waals surface area contributed by atoms with E-state index in [4.69, 9.17) is 16.7 Å². The average Bonchev–Trinajstić information content (AvgIpc) is 3.07. The molecule has 29 heavy (non-hydrogen) atoms. The van der Waals surface area contributed by atoms with Crippen molar-refractivity contribution in [2.45, 2.75) is 19.4 Å². The quantitative estimate of drug-likeness (QED) is 0.547. The van der Waals surface area contributed by atoms with Crippen molar-refractivity contribution in [2.75, 3.05) is 0 Å². The summed E-state index contributed by atoms with van der Waals surface area (Å²) < 4.78 is 14.3. The molecule has 3 aromatic rings. The van der Waals surface area contributed by atoms with E-state index in [1.54, 1.807) is 24.3 Å². The van der Waals surface area contributed by atoms with Gasteiger partial charge in [0.25, 0.3) is 0 Å². The van der Waals surface area contributed by atoms with Crippen LogP contribution in [0.2, 0.25) is 5.02 Å². The van der Waals surface area contributed by atoms with Crippen molar-refractivity contribution in [1.29, 1.82) is 0 Å². The SMILES string of the molecule is O=C(O)CC(Cc1ccccc1)C(=O)NCc1nc(-c2ccccc2Cl)c(F)s1. The Morgan fingerprint density at radius 1 is 1.14 bits per heavy atom. The number of aliphatic carboxylic acids is 1. The third kappa shape index (κ3) is 5.62. The van der Waals surface area contributed by atoms with Crippen LogP contribution in [0.1, 0.15) is 17.0 Å². The monoisotopic (exact) mass is 432 g/mol. The lowest BCUT2D eigenvalue weighted by Crippen LogP contribution is -2.33. The third-order valence-electron chi connectivity index (χ3n) is 4.29. The molecule has 0 saturated carbocycles. The Morgan fingerprint density at radius 3 is 2.52 bits per heavy atom. The molecule has 2 N–H and O–H groups in total. The van der Waals surface area contributed by atoms with Gasteiger partial charge in [-0.25, -0.2) is 4.98 Å². The number of aromatic nitrogens is 1. The van der Waals surface area contributed by atoms with E-state index in [-0.39, 0.29) is 18.7 Å². The number of carbonyl (C=O) groups excluding carboxylic acids is 1. The van der Waals surface area contributed by atoms with Crippen LogP contribution in [-0.4, -0.2) is 22.0 Å². The van der Waals surface area contributed by atoms with Gasteiger partial charge in [-0.05, 0) is 18.1 Å². The van der Waals surface area contributed by atoms with Gasteiger partial charge in [0.05, 0.1) is 23.9 Å². The molecule has 3 rings (SSSR count). The minimum absolute atomic E-state index is 0.00970. The molecule has 5 nitrogen and oxygen atoms in total. The molecule has 0 fully saturated rings. The number of carboxylic acid groups (broad SMARTS) is 1. The first-order chi connectivity index (χ1) is 13.9. The molecule has 0 spiro atoms. The molecule has 0 aliphatic carbocycles. The standard InChI is InChI=1S/C21H18ClFN2O3S/c22-16-9-5-4-8-15(16)19-20(23)29-17(25-19)12-24-21(28)14(11-18(26)27)10-13-6-2-1-3-7-13/h1-9,14H,10-12H2,(H,24,28)(H,26,27). The van der Waals surface area contributed by atoms with Gasteiger partial charge < -0.3 is 10.4 Å². The van der Waals surface area contributed by atoms with Crippen molar-refractivity contribution >= 4 is 34.8 Å². The number of benzene rings is 2. The van der Waals surface area contributed by atoms with E-state index < -0.39 is 22.9 Å². The molecule has 0 radical (unpaired) electrons. The summed E-state index contributed by atoms with van der Waals surface area (Å²) in [6.07, 6.45) is 0.00785. The molecule has 1 aromatic heterocycles. The fourth-order valence-electron chi connectivity index (χ4n) is 2.91. The summed E-state index contributed by atoms with van der Waals surface area (Å²) in [5.74, 6) is -2.20. The number of hydrogen-bond donors (Lipinski definition) is 2. The zero-order chi connectivity index (χ0) is 20.8. The van der Waals surface area contributed by atoms with Crippen LogP contribution in [-0.2, 0) is 22.6 Å². The number of thiazole rings is 1. The van der Waals surface area contributed by atoms with Crippen LogP contribution >= 0.6 is 22.9 Å². The minimum Gasteiger partial charge on any atom is -0.481 e. The van der Waals surface area contributed by atoms with E-state index in [0.717, 1.165) is 16.9 Å². The average molecular weight is 433 g/mol. The summed E-state index contributed by atoms with van der Waals surface area (Å²) in [4.78, 5) is 28.0. The van der Waals surface area contributed by atoms with Crippen LogP contribution < -0.4 is 5.32 Å².